The summed E-state index contributed by atoms with van der Waals surface area (Å²) in [4.78, 5) is 18.8. The van der Waals surface area contributed by atoms with E-state index in [0.29, 0.717) is 17.1 Å². The van der Waals surface area contributed by atoms with Gasteiger partial charge in [0.05, 0.1) is 17.8 Å². The zero-order chi connectivity index (χ0) is 18.8. The summed E-state index contributed by atoms with van der Waals surface area (Å²) in [5.41, 5.74) is 2.68. The normalized spacial score (nSPS) is 17.7. The third-order valence-corrected chi connectivity index (χ3v) is 4.96. The Morgan fingerprint density at radius 1 is 1.26 bits per heavy atom. The van der Waals surface area contributed by atoms with E-state index in [9.17, 15) is 4.79 Å². The van der Waals surface area contributed by atoms with Crippen molar-refractivity contribution in [2.45, 2.75) is 45.4 Å². The maximum atomic E-state index is 12.0. The van der Waals surface area contributed by atoms with Gasteiger partial charge in [-0.1, -0.05) is 12.1 Å². The number of fused-ring (bicyclic) bond motifs is 1. The lowest BCUT2D eigenvalue weighted by Crippen LogP contribution is -2.23. The molecule has 0 amide bonds. The van der Waals surface area contributed by atoms with Crippen LogP contribution in [0, 0.1) is 0 Å². The number of likely N-dealkylation sites (tertiary alicyclic amines) is 1. The largest absolute Gasteiger partial charge is 0.491 e. The van der Waals surface area contributed by atoms with Gasteiger partial charge in [-0.2, -0.15) is 0 Å². The molecule has 1 fully saturated rings. The second kappa shape index (κ2) is 7.53. The van der Waals surface area contributed by atoms with Crippen molar-refractivity contribution >= 4 is 11.1 Å². The molecule has 3 aromatic rings. The number of benzene rings is 1. The average Bonchev–Trinajstić information content (AvgIpc) is 3.11. The van der Waals surface area contributed by atoms with E-state index >= 15 is 0 Å². The Kier molecular flexibility index (Phi) is 4.94. The van der Waals surface area contributed by atoms with E-state index in [0.717, 1.165) is 37.2 Å². The van der Waals surface area contributed by atoms with Crippen molar-refractivity contribution < 1.29 is 9.15 Å². The SMILES string of the molecule is CC(C)Oc1ccc(C2CCCN2Cc2cnc3occc(=O)c3c2)cc1. The molecule has 1 aromatic carbocycles. The lowest BCUT2D eigenvalue weighted by atomic mass is 10.0. The van der Waals surface area contributed by atoms with Gasteiger partial charge in [-0.25, -0.2) is 4.98 Å². The molecule has 3 heterocycles. The Morgan fingerprint density at radius 2 is 2.07 bits per heavy atom. The topological polar surface area (TPSA) is 55.6 Å². The van der Waals surface area contributed by atoms with Crippen molar-refractivity contribution in [1.82, 2.24) is 9.88 Å². The lowest BCUT2D eigenvalue weighted by molar-refractivity contribution is 0.240. The first kappa shape index (κ1) is 17.7. The van der Waals surface area contributed by atoms with Gasteiger partial charge in [-0.05, 0) is 62.6 Å². The summed E-state index contributed by atoms with van der Waals surface area (Å²) < 4.78 is 11.1. The lowest BCUT2D eigenvalue weighted by Gasteiger charge is -2.25. The van der Waals surface area contributed by atoms with Crippen LogP contribution in [0.4, 0.5) is 0 Å². The monoisotopic (exact) mass is 364 g/mol. The molecule has 0 spiro atoms. The van der Waals surface area contributed by atoms with Crippen molar-refractivity contribution in [3.8, 4) is 5.75 Å². The van der Waals surface area contributed by atoms with Crippen LogP contribution in [0.25, 0.3) is 11.1 Å². The number of rotatable bonds is 5. The van der Waals surface area contributed by atoms with E-state index in [-0.39, 0.29) is 11.5 Å². The van der Waals surface area contributed by atoms with Gasteiger partial charge in [0.15, 0.2) is 5.43 Å². The van der Waals surface area contributed by atoms with Crippen molar-refractivity contribution in [2.75, 3.05) is 6.54 Å². The zero-order valence-corrected chi connectivity index (χ0v) is 15.7. The molecule has 5 heteroatoms. The maximum absolute atomic E-state index is 12.0. The van der Waals surface area contributed by atoms with Crippen molar-refractivity contribution in [1.29, 1.82) is 0 Å². The molecule has 5 nitrogen and oxygen atoms in total. The quantitative estimate of drug-likeness (QED) is 0.675. The number of ether oxygens (including phenoxy) is 1. The first-order chi connectivity index (χ1) is 13.1. The molecule has 2 aromatic heterocycles. The Labute approximate surface area is 158 Å². The number of nitrogens with zero attached hydrogens (tertiary/aromatic N) is 2. The van der Waals surface area contributed by atoms with Crippen LogP contribution in [-0.2, 0) is 6.54 Å². The van der Waals surface area contributed by atoms with Crippen molar-refractivity contribution in [3.05, 3.63) is 70.2 Å². The fraction of sp³-hybridized carbons (Fsp3) is 0.364. The minimum atomic E-state index is -0.0516. The second-order valence-electron chi connectivity index (χ2n) is 7.35. The first-order valence-corrected chi connectivity index (χ1v) is 9.47. The molecule has 0 N–H and O–H groups in total. The Balaban J connectivity index is 1.53. The van der Waals surface area contributed by atoms with E-state index in [1.165, 1.54) is 17.9 Å². The number of hydrogen-bond donors (Lipinski definition) is 0. The van der Waals surface area contributed by atoms with Crippen molar-refractivity contribution in [2.24, 2.45) is 0 Å². The van der Waals surface area contributed by atoms with Crippen LogP contribution in [-0.4, -0.2) is 22.5 Å². The van der Waals surface area contributed by atoms with Gasteiger partial charge < -0.3 is 9.15 Å². The van der Waals surface area contributed by atoms with Gasteiger partial charge in [0, 0.05) is 24.8 Å². The molecule has 1 saturated heterocycles. The standard InChI is InChI=1S/C22H24N2O3/c1-15(2)27-18-7-5-17(6-8-18)20-4-3-10-24(20)14-16-12-19-21(25)9-11-26-22(19)23-13-16/h5-9,11-13,15,20H,3-4,10,14H2,1-2H3. The molecular formula is C22H24N2O3. The van der Waals surface area contributed by atoms with Crippen LogP contribution in [0.2, 0.25) is 0 Å². The number of aromatic nitrogens is 1. The third kappa shape index (κ3) is 3.88. The predicted octanol–water partition coefficient (Wildman–Crippen LogP) is 4.31. The van der Waals surface area contributed by atoms with Gasteiger partial charge in [0.25, 0.3) is 0 Å². The third-order valence-electron chi connectivity index (χ3n) is 4.96. The summed E-state index contributed by atoms with van der Waals surface area (Å²) in [6.07, 6.45) is 5.67. The van der Waals surface area contributed by atoms with Crippen LogP contribution >= 0.6 is 0 Å². The number of hydrogen-bond acceptors (Lipinski definition) is 5. The maximum Gasteiger partial charge on any atom is 0.229 e. The van der Waals surface area contributed by atoms with Gasteiger partial charge in [0.2, 0.25) is 5.71 Å². The van der Waals surface area contributed by atoms with Crippen LogP contribution in [0.5, 0.6) is 5.75 Å². The average molecular weight is 364 g/mol. The first-order valence-electron chi connectivity index (χ1n) is 9.47. The molecule has 0 radical (unpaired) electrons. The van der Waals surface area contributed by atoms with Crippen LogP contribution in [0.15, 0.2) is 58.1 Å². The van der Waals surface area contributed by atoms with Gasteiger partial charge >= 0.3 is 0 Å². The molecular weight excluding hydrogens is 340 g/mol. The second-order valence-corrected chi connectivity index (χ2v) is 7.35. The summed E-state index contributed by atoms with van der Waals surface area (Å²) in [6, 6.07) is 12.1. The molecule has 140 valence electrons. The zero-order valence-electron chi connectivity index (χ0n) is 15.7. The highest BCUT2D eigenvalue weighted by Gasteiger charge is 2.26. The highest BCUT2D eigenvalue weighted by Crippen LogP contribution is 2.34. The molecule has 1 aliphatic rings. The molecule has 1 unspecified atom stereocenters. The predicted molar refractivity (Wildman–Crippen MR) is 105 cm³/mol. The molecule has 0 bridgehead atoms. The Hall–Kier alpha value is -2.66. The van der Waals surface area contributed by atoms with E-state index in [4.69, 9.17) is 9.15 Å². The minimum Gasteiger partial charge on any atom is -0.491 e. The Morgan fingerprint density at radius 3 is 2.85 bits per heavy atom. The summed E-state index contributed by atoms with van der Waals surface area (Å²) in [7, 11) is 0. The van der Waals surface area contributed by atoms with E-state index in [2.05, 4.69) is 34.1 Å². The fourth-order valence-electron chi connectivity index (χ4n) is 3.77. The van der Waals surface area contributed by atoms with E-state index in [1.54, 1.807) is 6.20 Å². The van der Waals surface area contributed by atoms with Gasteiger partial charge in [-0.3, -0.25) is 9.69 Å². The molecule has 4 rings (SSSR count). The Bertz CT molecular complexity index is 979. The highest BCUT2D eigenvalue weighted by atomic mass is 16.5. The minimum absolute atomic E-state index is 0.0516. The molecule has 1 atom stereocenters. The van der Waals surface area contributed by atoms with Crippen LogP contribution < -0.4 is 10.2 Å². The highest BCUT2D eigenvalue weighted by molar-refractivity contribution is 5.72. The van der Waals surface area contributed by atoms with Gasteiger partial charge in [-0.15, -0.1) is 0 Å². The fourth-order valence-corrected chi connectivity index (χ4v) is 3.77. The van der Waals surface area contributed by atoms with E-state index in [1.807, 2.05) is 19.9 Å². The van der Waals surface area contributed by atoms with Crippen molar-refractivity contribution in [3.63, 3.8) is 0 Å². The number of pyridine rings is 1. The van der Waals surface area contributed by atoms with Crippen LogP contribution in [0.1, 0.15) is 43.9 Å². The summed E-state index contributed by atoms with van der Waals surface area (Å²) in [6.45, 7) is 5.87. The summed E-state index contributed by atoms with van der Waals surface area (Å²) in [5, 5.41) is 0.543. The molecule has 0 aliphatic carbocycles. The smallest absolute Gasteiger partial charge is 0.229 e. The van der Waals surface area contributed by atoms with Gasteiger partial charge in [0.1, 0.15) is 5.75 Å². The van der Waals surface area contributed by atoms with E-state index < -0.39 is 0 Å². The molecule has 27 heavy (non-hydrogen) atoms. The molecule has 0 saturated carbocycles. The summed E-state index contributed by atoms with van der Waals surface area (Å²) in [5.74, 6) is 0.906. The van der Waals surface area contributed by atoms with Crippen LogP contribution in [0.3, 0.4) is 0 Å². The summed E-state index contributed by atoms with van der Waals surface area (Å²) >= 11 is 0. The molecule has 1 aliphatic heterocycles.